The van der Waals surface area contributed by atoms with Crippen molar-refractivity contribution in [3.8, 4) is 0 Å². The van der Waals surface area contributed by atoms with Crippen LogP contribution in [0.1, 0.15) is 52.4 Å². The molecule has 2 atom stereocenters. The summed E-state index contributed by atoms with van der Waals surface area (Å²) in [6.45, 7) is 11.1. The lowest BCUT2D eigenvalue weighted by molar-refractivity contribution is -0.130. The zero-order chi connectivity index (χ0) is 38.1. The number of allylic oxidation sites excluding steroid dienone is 1. The van der Waals surface area contributed by atoms with E-state index in [0.717, 1.165) is 37.8 Å². The molecule has 0 aromatic rings. The summed E-state index contributed by atoms with van der Waals surface area (Å²) >= 11 is 0. The zero-order valence-electron chi connectivity index (χ0n) is 31.8. The second-order valence-electron chi connectivity index (χ2n) is 12.3. The molecule has 0 radical (unpaired) electrons. The van der Waals surface area contributed by atoms with Crippen LogP contribution in [0.15, 0.2) is 11.4 Å². The summed E-state index contributed by atoms with van der Waals surface area (Å²) in [7, 11) is 1.54. The molecule has 17 heteroatoms. The molecular formula is C35H68N6O11. The van der Waals surface area contributed by atoms with Crippen LogP contribution in [0.2, 0.25) is 0 Å². The molecule has 0 saturated heterocycles. The van der Waals surface area contributed by atoms with Crippen LogP contribution in [0.4, 0.5) is 0 Å². The maximum Gasteiger partial charge on any atom is 0.246 e. The number of carbonyl (C=O) groups is 3. The van der Waals surface area contributed by atoms with E-state index in [4.69, 9.17) is 49.4 Å². The maximum absolute atomic E-state index is 12.4. The molecule has 1 unspecified atom stereocenters. The number of rotatable bonds is 33. The lowest BCUT2D eigenvalue weighted by Crippen LogP contribution is -2.48. The topological polar surface area (TPSA) is 225 Å². The van der Waals surface area contributed by atoms with Crippen molar-refractivity contribution >= 4 is 17.7 Å². The van der Waals surface area contributed by atoms with Gasteiger partial charge in [-0.2, -0.15) is 0 Å². The van der Waals surface area contributed by atoms with E-state index >= 15 is 0 Å². The van der Waals surface area contributed by atoms with Crippen LogP contribution in [0, 0.1) is 5.92 Å². The van der Waals surface area contributed by atoms with Crippen LogP contribution >= 0.6 is 0 Å². The highest BCUT2D eigenvalue weighted by Gasteiger charge is 2.23. The smallest absolute Gasteiger partial charge is 0.246 e. The number of hydrogen-bond donors (Lipinski definition) is 6. The van der Waals surface area contributed by atoms with E-state index in [1.807, 2.05) is 13.8 Å². The Bertz CT molecular complexity index is 960. The fourth-order valence-corrected chi connectivity index (χ4v) is 4.92. The molecule has 0 saturated carbocycles. The van der Waals surface area contributed by atoms with E-state index in [2.05, 4.69) is 21.3 Å². The summed E-state index contributed by atoms with van der Waals surface area (Å²) in [5, 5.41) is 11.5. The SMILES string of the molecule is CNC(=O)[C@@H](NC(=O)CCOCCOCCOCCOCCNC(=O)COC1CCCCC/C(NCCOCCOCCOCCN)=C\1N)C(C)C. The number of nitrogens with one attached hydrogen (secondary N) is 4. The molecule has 3 amide bonds. The number of ether oxygens (including phenoxy) is 8. The summed E-state index contributed by atoms with van der Waals surface area (Å²) in [5.74, 6) is -0.696. The van der Waals surface area contributed by atoms with E-state index in [9.17, 15) is 14.4 Å². The van der Waals surface area contributed by atoms with Crippen molar-refractivity contribution < 1.29 is 52.3 Å². The largest absolute Gasteiger partial charge is 0.399 e. The fraction of sp³-hybridized carbons (Fsp3) is 0.857. The highest BCUT2D eigenvalue weighted by molar-refractivity contribution is 5.87. The first-order valence-electron chi connectivity index (χ1n) is 18.7. The van der Waals surface area contributed by atoms with E-state index < -0.39 is 6.04 Å². The fourth-order valence-electron chi connectivity index (χ4n) is 4.92. The van der Waals surface area contributed by atoms with E-state index in [-0.39, 0.29) is 49.4 Å². The van der Waals surface area contributed by atoms with Gasteiger partial charge in [0, 0.05) is 38.8 Å². The number of hydrogen-bond acceptors (Lipinski definition) is 14. The monoisotopic (exact) mass is 748 g/mol. The van der Waals surface area contributed by atoms with Gasteiger partial charge in [0.05, 0.1) is 104 Å². The van der Waals surface area contributed by atoms with Crippen molar-refractivity contribution in [2.75, 3.05) is 126 Å². The normalized spacial score (nSPS) is 17.0. The van der Waals surface area contributed by atoms with Gasteiger partial charge < -0.3 is 70.6 Å². The Labute approximate surface area is 310 Å². The van der Waals surface area contributed by atoms with E-state index in [0.29, 0.717) is 111 Å². The molecule has 0 aromatic heterocycles. The Morgan fingerprint density at radius 3 is 1.81 bits per heavy atom. The highest BCUT2D eigenvalue weighted by Crippen LogP contribution is 2.21. The first-order chi connectivity index (χ1) is 25.3. The summed E-state index contributed by atoms with van der Waals surface area (Å²) in [6, 6.07) is -0.566. The van der Waals surface area contributed by atoms with Crippen molar-refractivity contribution in [2.45, 2.75) is 64.5 Å². The van der Waals surface area contributed by atoms with Gasteiger partial charge in [0.25, 0.3) is 0 Å². The van der Waals surface area contributed by atoms with E-state index in [1.54, 1.807) is 7.05 Å². The minimum Gasteiger partial charge on any atom is -0.399 e. The minimum atomic E-state index is -0.566. The van der Waals surface area contributed by atoms with Crippen LogP contribution in [0.25, 0.3) is 0 Å². The molecule has 17 nitrogen and oxygen atoms in total. The van der Waals surface area contributed by atoms with Gasteiger partial charge in [0.2, 0.25) is 17.7 Å². The molecule has 1 aliphatic carbocycles. The van der Waals surface area contributed by atoms with Gasteiger partial charge in [-0.05, 0) is 25.2 Å². The average Bonchev–Trinajstić information content (AvgIpc) is 3.13. The van der Waals surface area contributed by atoms with Gasteiger partial charge in [0.1, 0.15) is 12.6 Å². The van der Waals surface area contributed by atoms with Crippen LogP contribution in [-0.2, 0) is 52.3 Å². The van der Waals surface area contributed by atoms with E-state index in [1.165, 1.54) is 0 Å². The Morgan fingerprint density at radius 2 is 1.25 bits per heavy atom. The van der Waals surface area contributed by atoms with Gasteiger partial charge in [0.15, 0.2) is 0 Å². The summed E-state index contributed by atoms with van der Waals surface area (Å²) in [4.78, 5) is 36.3. The third-order valence-electron chi connectivity index (χ3n) is 7.77. The molecule has 0 spiro atoms. The molecule has 0 bridgehead atoms. The third kappa shape index (κ3) is 25.4. The van der Waals surface area contributed by atoms with Gasteiger partial charge in [-0.1, -0.05) is 26.7 Å². The number of nitrogens with two attached hydrogens (primary N) is 2. The van der Waals surface area contributed by atoms with Crippen molar-refractivity contribution in [1.29, 1.82) is 0 Å². The molecule has 1 aliphatic rings. The Hall–Kier alpha value is -2.61. The van der Waals surface area contributed by atoms with Crippen LogP contribution in [-0.4, -0.2) is 156 Å². The first-order valence-corrected chi connectivity index (χ1v) is 18.7. The molecule has 8 N–H and O–H groups in total. The quantitative estimate of drug-likeness (QED) is 0.0469. The molecule has 0 aromatic carbocycles. The summed E-state index contributed by atoms with van der Waals surface area (Å²) < 4.78 is 44.2. The molecule has 1 rings (SSSR count). The molecule has 304 valence electrons. The van der Waals surface area contributed by atoms with Crippen molar-refractivity contribution in [3.63, 3.8) is 0 Å². The molecule has 0 fully saturated rings. The zero-order valence-corrected chi connectivity index (χ0v) is 31.8. The minimum absolute atomic E-state index is 0.0161. The van der Waals surface area contributed by atoms with Crippen LogP contribution in [0.3, 0.4) is 0 Å². The van der Waals surface area contributed by atoms with Crippen LogP contribution in [0.5, 0.6) is 0 Å². The van der Waals surface area contributed by atoms with Crippen LogP contribution < -0.4 is 32.7 Å². The molecular weight excluding hydrogens is 680 g/mol. The van der Waals surface area contributed by atoms with Crippen molar-refractivity contribution in [2.24, 2.45) is 17.4 Å². The lowest BCUT2D eigenvalue weighted by Gasteiger charge is -2.25. The Kier molecular flexibility index (Phi) is 30.1. The first kappa shape index (κ1) is 47.4. The summed E-state index contributed by atoms with van der Waals surface area (Å²) in [5.41, 5.74) is 13.5. The Balaban J connectivity index is 2.04. The predicted octanol–water partition coefficient (Wildman–Crippen LogP) is -0.436. The Morgan fingerprint density at radius 1 is 0.712 bits per heavy atom. The number of likely N-dealkylation sites (N-methyl/N-ethyl adjacent to an activating group) is 1. The number of carbonyl (C=O) groups excluding carboxylic acids is 3. The lowest BCUT2D eigenvalue weighted by atomic mass is 9.99. The molecule has 52 heavy (non-hydrogen) atoms. The van der Waals surface area contributed by atoms with Crippen molar-refractivity contribution in [1.82, 2.24) is 21.3 Å². The predicted molar refractivity (Wildman–Crippen MR) is 195 cm³/mol. The highest BCUT2D eigenvalue weighted by atomic mass is 16.6. The van der Waals surface area contributed by atoms with Crippen molar-refractivity contribution in [3.05, 3.63) is 11.4 Å². The molecule has 0 heterocycles. The average molecular weight is 749 g/mol. The van der Waals surface area contributed by atoms with Gasteiger partial charge >= 0.3 is 0 Å². The standard InChI is InChI=1S/C35H68N6O11/c1-28(2)34(35(44)38-3)41-31(42)9-13-45-17-21-49-25-26-51-24-20-48-16-12-40-32(43)27-52-30-8-6-4-5-7-29(33(30)37)39-11-15-47-19-23-50-22-18-46-14-10-36/h28,30,34,39H,4-27,36-37H2,1-3H3,(H,38,44)(H,40,43)(H,41,42)/b33-29-/t30?,34-/m0/s1. The maximum atomic E-state index is 12.4. The second kappa shape index (κ2) is 33.0. The second-order valence-corrected chi connectivity index (χ2v) is 12.3. The molecule has 0 aliphatic heterocycles. The van der Waals surface area contributed by atoms with Gasteiger partial charge in [-0.3, -0.25) is 14.4 Å². The summed E-state index contributed by atoms with van der Waals surface area (Å²) in [6.07, 6.45) is 4.53. The third-order valence-corrected chi connectivity index (χ3v) is 7.77. The number of amides is 3. The van der Waals surface area contributed by atoms with Gasteiger partial charge in [-0.15, -0.1) is 0 Å². The van der Waals surface area contributed by atoms with Gasteiger partial charge in [-0.25, -0.2) is 0 Å².